The highest BCUT2D eigenvalue weighted by Gasteiger charge is 2.23. The van der Waals surface area contributed by atoms with E-state index in [-0.39, 0.29) is 17.5 Å². The van der Waals surface area contributed by atoms with E-state index in [0.717, 1.165) is 15.4 Å². The minimum Gasteiger partial charge on any atom is -0.490 e. The summed E-state index contributed by atoms with van der Waals surface area (Å²) in [4.78, 5) is 12.6. The summed E-state index contributed by atoms with van der Waals surface area (Å²) in [6.45, 7) is 8.23. The number of carbonyl (C=O) groups excluding carboxylic acids is 1. The Kier molecular flexibility index (Phi) is 8.25. The Morgan fingerprint density at radius 3 is 2.23 bits per heavy atom. The molecular weight excluding hydrogens is 404 g/mol. The van der Waals surface area contributed by atoms with E-state index in [2.05, 4.69) is 5.32 Å². The quantitative estimate of drug-likeness (QED) is 0.620. The molecule has 0 aliphatic carbocycles. The highest BCUT2D eigenvalue weighted by molar-refractivity contribution is 7.89. The van der Waals surface area contributed by atoms with Gasteiger partial charge in [0.1, 0.15) is 0 Å². The van der Waals surface area contributed by atoms with Gasteiger partial charge in [0.05, 0.1) is 30.7 Å². The lowest BCUT2D eigenvalue weighted by Crippen LogP contribution is -2.39. The zero-order chi connectivity index (χ0) is 22.3. The number of ether oxygens (including phenoxy) is 2. The van der Waals surface area contributed by atoms with Gasteiger partial charge in [-0.15, -0.1) is 0 Å². The number of carbonyl (C=O) groups is 1. The van der Waals surface area contributed by atoms with E-state index >= 15 is 0 Å². The van der Waals surface area contributed by atoms with Crippen molar-refractivity contribution in [2.75, 3.05) is 26.8 Å². The molecule has 30 heavy (non-hydrogen) atoms. The molecule has 7 nitrogen and oxygen atoms in total. The molecule has 0 bridgehead atoms. The Labute approximate surface area is 179 Å². The second-order valence-corrected chi connectivity index (χ2v) is 8.98. The fraction of sp³-hybridized carbons (Fsp3) is 0.409. The van der Waals surface area contributed by atoms with Gasteiger partial charge < -0.3 is 14.8 Å². The van der Waals surface area contributed by atoms with E-state index in [1.807, 2.05) is 39.8 Å². The molecule has 2 aromatic rings. The van der Waals surface area contributed by atoms with Gasteiger partial charge in [0.25, 0.3) is 0 Å². The standard InChI is InChI=1S/C22H30N2O5S/c1-6-28-20-13-10-18(14-21(20)29-7-2)17(4)23-22(25)15-24(5)30(26,27)19-11-8-16(3)9-12-19/h8-14,17H,6-7,15H2,1-5H3,(H,23,25)/t17-/m1/s1. The molecule has 1 N–H and O–H groups in total. The molecule has 2 rings (SSSR count). The van der Waals surface area contributed by atoms with Crippen molar-refractivity contribution < 1.29 is 22.7 Å². The van der Waals surface area contributed by atoms with E-state index in [1.54, 1.807) is 18.2 Å². The first-order valence-corrected chi connectivity index (χ1v) is 11.3. The first-order valence-electron chi connectivity index (χ1n) is 9.91. The maximum Gasteiger partial charge on any atom is 0.243 e. The van der Waals surface area contributed by atoms with Crippen LogP contribution in [0.3, 0.4) is 0 Å². The smallest absolute Gasteiger partial charge is 0.243 e. The maximum atomic E-state index is 12.7. The summed E-state index contributed by atoms with van der Waals surface area (Å²) in [5.74, 6) is 0.857. The second-order valence-electron chi connectivity index (χ2n) is 6.94. The normalized spacial score (nSPS) is 12.5. The molecule has 0 saturated carbocycles. The van der Waals surface area contributed by atoms with Crippen molar-refractivity contribution in [3.05, 3.63) is 53.6 Å². The molecule has 0 radical (unpaired) electrons. The van der Waals surface area contributed by atoms with Gasteiger partial charge >= 0.3 is 0 Å². The number of likely N-dealkylation sites (N-methyl/N-ethyl adjacent to an activating group) is 1. The molecule has 0 aliphatic heterocycles. The molecule has 2 aromatic carbocycles. The van der Waals surface area contributed by atoms with Gasteiger partial charge in [-0.05, 0) is 57.5 Å². The zero-order valence-electron chi connectivity index (χ0n) is 18.1. The van der Waals surface area contributed by atoms with Crippen LogP contribution in [0.2, 0.25) is 0 Å². The number of aryl methyl sites for hydroxylation is 1. The van der Waals surface area contributed by atoms with E-state index in [1.165, 1.54) is 19.2 Å². The number of nitrogens with zero attached hydrogens (tertiary/aromatic N) is 1. The minimum absolute atomic E-state index is 0.157. The molecule has 0 aromatic heterocycles. The molecule has 0 fully saturated rings. The number of hydrogen-bond donors (Lipinski definition) is 1. The van der Waals surface area contributed by atoms with E-state index < -0.39 is 15.9 Å². The Morgan fingerprint density at radius 1 is 1.03 bits per heavy atom. The van der Waals surface area contributed by atoms with Gasteiger partial charge in [-0.1, -0.05) is 23.8 Å². The van der Waals surface area contributed by atoms with Crippen molar-refractivity contribution in [1.29, 1.82) is 0 Å². The Hall–Kier alpha value is -2.58. The predicted molar refractivity (Wildman–Crippen MR) is 116 cm³/mol. The van der Waals surface area contributed by atoms with Crippen LogP contribution in [0.5, 0.6) is 11.5 Å². The van der Waals surface area contributed by atoms with Gasteiger partial charge in [0, 0.05) is 7.05 Å². The van der Waals surface area contributed by atoms with Crippen LogP contribution >= 0.6 is 0 Å². The summed E-state index contributed by atoms with van der Waals surface area (Å²) in [7, 11) is -2.35. The van der Waals surface area contributed by atoms with Crippen LogP contribution in [0.15, 0.2) is 47.4 Å². The van der Waals surface area contributed by atoms with Crippen molar-refractivity contribution >= 4 is 15.9 Å². The largest absolute Gasteiger partial charge is 0.490 e. The van der Waals surface area contributed by atoms with Gasteiger partial charge in [-0.3, -0.25) is 4.79 Å². The highest BCUT2D eigenvalue weighted by atomic mass is 32.2. The molecule has 0 spiro atoms. The molecule has 0 unspecified atom stereocenters. The molecule has 0 heterocycles. The van der Waals surface area contributed by atoms with Crippen LogP contribution in [-0.4, -0.2) is 45.4 Å². The summed E-state index contributed by atoms with van der Waals surface area (Å²) in [6.07, 6.45) is 0. The molecule has 1 atom stereocenters. The van der Waals surface area contributed by atoms with E-state index in [4.69, 9.17) is 9.47 Å². The van der Waals surface area contributed by atoms with Crippen LogP contribution in [-0.2, 0) is 14.8 Å². The summed E-state index contributed by atoms with van der Waals surface area (Å²) in [5.41, 5.74) is 1.80. The Morgan fingerprint density at radius 2 is 1.63 bits per heavy atom. The van der Waals surface area contributed by atoms with Crippen molar-refractivity contribution in [2.24, 2.45) is 0 Å². The van der Waals surface area contributed by atoms with Crippen LogP contribution in [0.1, 0.15) is 37.9 Å². The zero-order valence-corrected chi connectivity index (χ0v) is 19.0. The van der Waals surface area contributed by atoms with Gasteiger partial charge in [-0.2, -0.15) is 4.31 Å². The summed E-state index contributed by atoms with van der Waals surface area (Å²) in [6, 6.07) is 11.7. The number of nitrogens with one attached hydrogen (secondary N) is 1. The molecule has 8 heteroatoms. The summed E-state index contributed by atoms with van der Waals surface area (Å²) >= 11 is 0. The van der Waals surface area contributed by atoms with Crippen molar-refractivity contribution in [1.82, 2.24) is 9.62 Å². The number of hydrogen-bond acceptors (Lipinski definition) is 5. The van der Waals surface area contributed by atoms with Crippen LogP contribution in [0.25, 0.3) is 0 Å². The van der Waals surface area contributed by atoms with E-state index in [9.17, 15) is 13.2 Å². The number of benzene rings is 2. The van der Waals surface area contributed by atoms with Gasteiger partial charge in [0.2, 0.25) is 15.9 Å². The third-order valence-corrected chi connectivity index (χ3v) is 6.36. The first kappa shape index (κ1) is 23.7. The first-order chi connectivity index (χ1) is 14.2. The lowest BCUT2D eigenvalue weighted by Gasteiger charge is -2.20. The van der Waals surface area contributed by atoms with Crippen LogP contribution in [0, 0.1) is 6.92 Å². The van der Waals surface area contributed by atoms with Gasteiger partial charge in [-0.25, -0.2) is 8.42 Å². The second kappa shape index (κ2) is 10.4. The number of rotatable bonds is 10. The lowest BCUT2D eigenvalue weighted by molar-refractivity contribution is -0.121. The Balaban J connectivity index is 2.06. The Bertz CT molecular complexity index is 958. The van der Waals surface area contributed by atoms with Crippen molar-refractivity contribution in [3.8, 4) is 11.5 Å². The fourth-order valence-electron chi connectivity index (χ4n) is 2.88. The lowest BCUT2D eigenvalue weighted by atomic mass is 10.1. The third-order valence-electron chi connectivity index (χ3n) is 4.54. The summed E-state index contributed by atoms with van der Waals surface area (Å²) in [5, 5.41) is 2.84. The molecule has 0 saturated heterocycles. The van der Waals surface area contributed by atoms with Gasteiger partial charge in [0.15, 0.2) is 11.5 Å². The third kappa shape index (κ3) is 5.96. The monoisotopic (exact) mass is 434 g/mol. The maximum absolute atomic E-state index is 12.7. The number of sulfonamides is 1. The fourth-order valence-corrected chi connectivity index (χ4v) is 4.01. The predicted octanol–water partition coefficient (Wildman–Crippen LogP) is 3.29. The van der Waals surface area contributed by atoms with Crippen LogP contribution < -0.4 is 14.8 Å². The van der Waals surface area contributed by atoms with Crippen molar-refractivity contribution in [3.63, 3.8) is 0 Å². The molecule has 1 amide bonds. The molecular formula is C22H30N2O5S. The molecule has 164 valence electrons. The van der Waals surface area contributed by atoms with E-state index in [0.29, 0.717) is 24.7 Å². The van der Waals surface area contributed by atoms with Crippen LogP contribution in [0.4, 0.5) is 0 Å². The van der Waals surface area contributed by atoms with Crippen molar-refractivity contribution in [2.45, 2.75) is 38.6 Å². The minimum atomic E-state index is -3.74. The molecule has 0 aliphatic rings. The number of amides is 1. The highest BCUT2D eigenvalue weighted by Crippen LogP contribution is 2.30. The summed E-state index contributed by atoms with van der Waals surface area (Å²) < 4.78 is 37.6. The topological polar surface area (TPSA) is 84.9 Å². The average molecular weight is 435 g/mol. The SMILES string of the molecule is CCOc1ccc([C@@H](C)NC(=O)CN(C)S(=O)(=O)c2ccc(C)cc2)cc1OCC. The average Bonchev–Trinajstić information content (AvgIpc) is 2.69.